The lowest BCUT2D eigenvalue weighted by atomic mass is 9.92. The molecule has 5 rings (SSSR count). The van der Waals surface area contributed by atoms with E-state index in [-0.39, 0.29) is 43.1 Å². The summed E-state index contributed by atoms with van der Waals surface area (Å²) in [6, 6.07) is 11.5. The third-order valence-corrected chi connectivity index (χ3v) is 7.13. The number of aromatic nitrogens is 1. The molecule has 4 amide bonds. The Balaban J connectivity index is 1.45. The van der Waals surface area contributed by atoms with Gasteiger partial charge in [-0.1, -0.05) is 36.4 Å². The number of nitrogens with zero attached hydrogens (tertiary/aromatic N) is 4. The van der Waals surface area contributed by atoms with Gasteiger partial charge in [0.25, 0.3) is 5.92 Å². The number of carbonyl (C=O) groups excluding carboxylic acids is 3. The van der Waals surface area contributed by atoms with Crippen LogP contribution in [0, 0.1) is 0 Å². The third kappa shape index (κ3) is 5.77. The predicted molar refractivity (Wildman–Crippen MR) is 153 cm³/mol. The average molecular weight is 579 g/mol. The SMILES string of the molecule is COc1ccc(CN2C(=O)CCN(c3cncc4c(C5=CCN(C(=O)OC(C)(C)C)CC5(F)F)cccc34)C2=O)cc1. The van der Waals surface area contributed by atoms with Crippen molar-refractivity contribution in [3.05, 3.63) is 72.1 Å². The highest BCUT2D eigenvalue weighted by Gasteiger charge is 2.43. The van der Waals surface area contributed by atoms with E-state index in [2.05, 4.69) is 4.98 Å². The second-order valence-corrected chi connectivity index (χ2v) is 11.3. The summed E-state index contributed by atoms with van der Waals surface area (Å²) in [4.78, 5) is 46.7. The Labute approximate surface area is 242 Å². The van der Waals surface area contributed by atoms with E-state index in [1.807, 2.05) is 0 Å². The summed E-state index contributed by atoms with van der Waals surface area (Å²) in [5.74, 6) is -3.00. The largest absolute Gasteiger partial charge is 0.497 e. The number of hydrogen-bond donors (Lipinski definition) is 0. The number of fused-ring (bicyclic) bond motifs is 1. The Morgan fingerprint density at radius 2 is 1.79 bits per heavy atom. The maximum absolute atomic E-state index is 15.5. The number of amides is 4. The van der Waals surface area contributed by atoms with Crippen molar-refractivity contribution in [2.45, 2.75) is 45.3 Å². The average Bonchev–Trinajstić information content (AvgIpc) is 2.94. The lowest BCUT2D eigenvalue weighted by molar-refractivity contribution is -0.129. The first-order valence-electron chi connectivity index (χ1n) is 13.6. The fourth-order valence-electron chi connectivity index (χ4n) is 5.13. The van der Waals surface area contributed by atoms with E-state index < -0.39 is 30.2 Å². The van der Waals surface area contributed by atoms with Crippen LogP contribution < -0.4 is 9.64 Å². The van der Waals surface area contributed by atoms with Crippen LogP contribution >= 0.6 is 0 Å². The Morgan fingerprint density at radius 1 is 1.05 bits per heavy atom. The minimum absolute atomic E-state index is 0.0453. The van der Waals surface area contributed by atoms with Gasteiger partial charge in [-0.15, -0.1) is 0 Å². The van der Waals surface area contributed by atoms with Crippen molar-refractivity contribution in [1.82, 2.24) is 14.8 Å². The number of ether oxygens (including phenoxy) is 2. The molecule has 3 aromatic rings. The van der Waals surface area contributed by atoms with Gasteiger partial charge in [0.15, 0.2) is 0 Å². The first-order valence-corrected chi connectivity index (χ1v) is 13.6. The maximum Gasteiger partial charge on any atom is 0.410 e. The number of pyridine rings is 1. The van der Waals surface area contributed by atoms with Gasteiger partial charge in [0.05, 0.1) is 32.1 Å². The molecule has 1 saturated heterocycles. The predicted octanol–water partition coefficient (Wildman–Crippen LogP) is 5.87. The minimum atomic E-state index is -3.36. The van der Waals surface area contributed by atoms with Gasteiger partial charge in [0, 0.05) is 42.1 Å². The van der Waals surface area contributed by atoms with Crippen molar-refractivity contribution in [1.29, 1.82) is 0 Å². The molecule has 1 aromatic heterocycles. The van der Waals surface area contributed by atoms with Crippen molar-refractivity contribution in [3.63, 3.8) is 0 Å². The van der Waals surface area contributed by atoms with Crippen LogP contribution in [-0.4, -0.2) is 71.1 Å². The third-order valence-electron chi connectivity index (χ3n) is 7.13. The number of benzene rings is 2. The molecule has 0 radical (unpaired) electrons. The normalized spacial score (nSPS) is 17.4. The van der Waals surface area contributed by atoms with E-state index in [4.69, 9.17) is 9.47 Å². The van der Waals surface area contributed by atoms with Gasteiger partial charge < -0.3 is 9.47 Å². The van der Waals surface area contributed by atoms with Crippen molar-refractivity contribution in [3.8, 4) is 5.75 Å². The number of rotatable bonds is 5. The first-order chi connectivity index (χ1) is 19.9. The minimum Gasteiger partial charge on any atom is -0.497 e. The summed E-state index contributed by atoms with van der Waals surface area (Å²) in [5.41, 5.74) is 0.389. The van der Waals surface area contributed by atoms with E-state index in [0.29, 0.717) is 22.2 Å². The summed E-state index contributed by atoms with van der Waals surface area (Å²) < 4.78 is 41.5. The monoisotopic (exact) mass is 578 g/mol. The zero-order valence-corrected chi connectivity index (χ0v) is 23.9. The Kier molecular flexibility index (Phi) is 7.61. The van der Waals surface area contributed by atoms with E-state index in [1.165, 1.54) is 28.3 Å². The molecule has 0 N–H and O–H groups in total. The van der Waals surface area contributed by atoms with E-state index in [1.54, 1.807) is 70.3 Å². The molecule has 2 aliphatic heterocycles. The topological polar surface area (TPSA) is 92.3 Å². The summed E-state index contributed by atoms with van der Waals surface area (Å²) in [5, 5.41) is 0.971. The van der Waals surface area contributed by atoms with Crippen molar-refractivity contribution in [2.75, 3.05) is 31.6 Å². The van der Waals surface area contributed by atoms with Crippen molar-refractivity contribution < 1.29 is 32.6 Å². The van der Waals surface area contributed by atoms with Crippen molar-refractivity contribution in [2.24, 2.45) is 0 Å². The summed E-state index contributed by atoms with van der Waals surface area (Å²) in [7, 11) is 1.55. The lowest BCUT2D eigenvalue weighted by Gasteiger charge is -2.35. The van der Waals surface area contributed by atoms with Gasteiger partial charge in [-0.05, 0) is 44.0 Å². The highest BCUT2D eigenvalue weighted by atomic mass is 19.3. The lowest BCUT2D eigenvalue weighted by Crippen LogP contribution is -2.52. The number of hydrogen-bond acceptors (Lipinski definition) is 6. The van der Waals surface area contributed by atoms with Gasteiger partial charge in [-0.2, -0.15) is 8.78 Å². The Bertz CT molecular complexity index is 1570. The van der Waals surface area contributed by atoms with Gasteiger partial charge in [-0.3, -0.25) is 24.5 Å². The van der Waals surface area contributed by atoms with E-state index >= 15 is 8.78 Å². The second-order valence-electron chi connectivity index (χ2n) is 11.3. The molecule has 0 unspecified atom stereocenters. The zero-order valence-electron chi connectivity index (χ0n) is 23.9. The molecule has 0 bridgehead atoms. The van der Waals surface area contributed by atoms with Crippen LogP contribution in [0.25, 0.3) is 16.3 Å². The molecule has 0 atom stereocenters. The molecular formula is C31H32F2N4O5. The molecule has 11 heteroatoms. The summed E-state index contributed by atoms with van der Waals surface area (Å²) >= 11 is 0. The van der Waals surface area contributed by atoms with E-state index in [0.717, 1.165) is 10.5 Å². The van der Waals surface area contributed by atoms with Gasteiger partial charge in [-0.25, -0.2) is 9.59 Å². The number of carbonyl (C=O) groups is 3. The highest BCUT2D eigenvalue weighted by Crippen LogP contribution is 2.41. The van der Waals surface area contributed by atoms with E-state index in [9.17, 15) is 14.4 Å². The van der Waals surface area contributed by atoms with Crippen LogP contribution in [0.1, 0.15) is 38.3 Å². The number of halogens is 2. The second kappa shape index (κ2) is 11.0. The van der Waals surface area contributed by atoms with Crippen LogP contribution in [-0.2, 0) is 16.1 Å². The molecule has 42 heavy (non-hydrogen) atoms. The molecule has 0 saturated carbocycles. The molecule has 220 valence electrons. The smallest absolute Gasteiger partial charge is 0.410 e. The fraction of sp³-hybridized carbons (Fsp3) is 0.355. The summed E-state index contributed by atoms with van der Waals surface area (Å²) in [6.45, 7) is 4.36. The number of urea groups is 1. The fourth-order valence-corrected chi connectivity index (χ4v) is 5.13. The molecule has 1 fully saturated rings. The van der Waals surface area contributed by atoms with Crippen LogP contribution in [0.15, 0.2) is 60.9 Å². The number of anilines is 1. The number of imide groups is 1. The van der Waals surface area contributed by atoms with Gasteiger partial charge >= 0.3 is 12.1 Å². The quantitative estimate of drug-likeness (QED) is 0.376. The molecule has 2 aliphatic rings. The molecule has 0 spiro atoms. The molecule has 0 aliphatic carbocycles. The molecule has 2 aromatic carbocycles. The number of methoxy groups -OCH3 is 1. The zero-order chi connectivity index (χ0) is 30.2. The number of alkyl halides is 2. The van der Waals surface area contributed by atoms with Gasteiger partial charge in [0.2, 0.25) is 5.91 Å². The molecule has 9 nitrogen and oxygen atoms in total. The first kappa shape index (κ1) is 29.0. The molecule has 3 heterocycles. The summed E-state index contributed by atoms with van der Waals surface area (Å²) in [6.07, 6.45) is 3.61. The Hall–Kier alpha value is -4.54. The Morgan fingerprint density at radius 3 is 2.45 bits per heavy atom. The maximum atomic E-state index is 15.5. The van der Waals surface area contributed by atoms with Crippen LogP contribution in [0.3, 0.4) is 0 Å². The van der Waals surface area contributed by atoms with Crippen LogP contribution in [0.5, 0.6) is 5.75 Å². The molecular weight excluding hydrogens is 546 g/mol. The standard InChI is InChI=1S/C31H32F2N4O5/c1-30(2,3)42-29(40)35-14-12-25(31(32,33)19-35)22-6-5-7-23-24(22)16-34-17-26(23)36-15-13-27(38)37(28(36)39)18-20-8-10-21(41-4)11-9-20/h5-12,16-17H,13-15,18-19H2,1-4H3. The highest BCUT2D eigenvalue weighted by molar-refractivity contribution is 6.11. The van der Waals surface area contributed by atoms with Crippen LogP contribution in [0.2, 0.25) is 0 Å². The van der Waals surface area contributed by atoms with Crippen molar-refractivity contribution >= 4 is 40.1 Å². The van der Waals surface area contributed by atoms with Gasteiger partial charge in [0.1, 0.15) is 11.4 Å². The van der Waals surface area contributed by atoms with Crippen LogP contribution in [0.4, 0.5) is 24.1 Å².